The van der Waals surface area contributed by atoms with Crippen LogP contribution in [0.5, 0.6) is 0 Å². The molecule has 176 valence electrons. The summed E-state index contributed by atoms with van der Waals surface area (Å²) >= 11 is 0. The quantitative estimate of drug-likeness (QED) is 0.419. The van der Waals surface area contributed by atoms with Gasteiger partial charge in [0.1, 0.15) is 0 Å². The molecular formula is C24H39NO6. The summed E-state index contributed by atoms with van der Waals surface area (Å²) in [7, 11) is 1.68. The Labute approximate surface area is 185 Å². The van der Waals surface area contributed by atoms with Crippen molar-refractivity contribution in [2.24, 2.45) is 11.8 Å². The zero-order valence-corrected chi connectivity index (χ0v) is 19.1. The van der Waals surface area contributed by atoms with Gasteiger partial charge in [0, 0.05) is 13.0 Å². The molecule has 1 aliphatic heterocycles. The molecule has 0 aromatic heterocycles. The fraction of sp³-hybridized carbons (Fsp3) is 0.708. The predicted molar refractivity (Wildman–Crippen MR) is 118 cm³/mol. The van der Waals surface area contributed by atoms with Gasteiger partial charge in [-0.1, -0.05) is 44.2 Å². The third-order valence-corrected chi connectivity index (χ3v) is 6.35. The number of amides is 1. The number of carbonyl (C=O) groups excluding carboxylic acids is 1. The van der Waals surface area contributed by atoms with Crippen LogP contribution in [-0.4, -0.2) is 71.5 Å². The van der Waals surface area contributed by atoms with Crippen LogP contribution in [0.3, 0.4) is 0 Å². The van der Waals surface area contributed by atoms with Gasteiger partial charge < -0.3 is 30.1 Å². The number of rotatable bonds is 11. The first-order valence-electron chi connectivity index (χ1n) is 11.2. The highest BCUT2D eigenvalue weighted by Gasteiger charge is 2.35. The van der Waals surface area contributed by atoms with Gasteiger partial charge in [0.25, 0.3) is 0 Å². The molecule has 31 heavy (non-hydrogen) atoms. The Hall–Kier alpha value is -1.51. The van der Waals surface area contributed by atoms with Crippen LogP contribution in [0.25, 0.3) is 0 Å². The molecule has 7 nitrogen and oxygen atoms in total. The van der Waals surface area contributed by atoms with E-state index in [9.17, 15) is 20.1 Å². The lowest BCUT2D eigenvalue weighted by molar-refractivity contribution is -0.133. The van der Waals surface area contributed by atoms with Crippen molar-refractivity contribution in [1.82, 2.24) is 5.32 Å². The number of hydrogen-bond acceptors (Lipinski definition) is 6. The lowest BCUT2D eigenvalue weighted by atomic mass is 9.85. The van der Waals surface area contributed by atoms with Gasteiger partial charge in [-0.25, -0.2) is 0 Å². The summed E-state index contributed by atoms with van der Waals surface area (Å²) in [6, 6.07) is 9.17. The summed E-state index contributed by atoms with van der Waals surface area (Å²) in [5.41, 5.74) is 1.01. The van der Waals surface area contributed by atoms with E-state index < -0.39 is 30.1 Å². The minimum Gasteiger partial charge on any atom is -0.394 e. The zero-order valence-electron chi connectivity index (χ0n) is 19.1. The van der Waals surface area contributed by atoms with Crippen molar-refractivity contribution in [2.45, 2.75) is 83.0 Å². The van der Waals surface area contributed by atoms with E-state index in [1.165, 1.54) is 0 Å². The molecule has 2 rings (SSSR count). The van der Waals surface area contributed by atoms with Crippen LogP contribution in [0, 0.1) is 11.8 Å². The SMILES string of the molecule is CO[C@H]1C[C@H](C[C@@H](O)[C@H](C)[C@H](O)[C@H](C)C(=O)N[C@H](CO)Cc2ccccc2)O[C@@H](C)C1. The molecule has 0 aliphatic carbocycles. The fourth-order valence-electron chi connectivity index (χ4n) is 4.26. The monoisotopic (exact) mass is 437 g/mol. The van der Waals surface area contributed by atoms with Gasteiger partial charge in [-0.05, 0) is 38.2 Å². The van der Waals surface area contributed by atoms with Crippen molar-refractivity contribution in [3.8, 4) is 0 Å². The van der Waals surface area contributed by atoms with E-state index in [0.29, 0.717) is 19.3 Å². The Bertz CT molecular complexity index is 657. The second kappa shape index (κ2) is 12.5. The molecule has 4 N–H and O–H groups in total. The maximum absolute atomic E-state index is 12.7. The molecule has 1 saturated heterocycles. The number of aliphatic hydroxyl groups is 3. The maximum atomic E-state index is 12.7. The molecule has 1 amide bonds. The Morgan fingerprint density at radius 2 is 1.90 bits per heavy atom. The number of methoxy groups -OCH3 is 1. The minimum absolute atomic E-state index is 0.0564. The molecule has 0 unspecified atom stereocenters. The predicted octanol–water partition coefficient (Wildman–Crippen LogP) is 1.67. The number of aliphatic hydroxyl groups excluding tert-OH is 3. The van der Waals surface area contributed by atoms with Crippen molar-refractivity contribution in [3.05, 3.63) is 35.9 Å². The zero-order chi connectivity index (χ0) is 23.0. The Morgan fingerprint density at radius 1 is 1.23 bits per heavy atom. The summed E-state index contributed by atoms with van der Waals surface area (Å²) < 4.78 is 11.4. The summed E-state index contributed by atoms with van der Waals surface area (Å²) in [6.07, 6.45) is 0.591. The second-order valence-electron chi connectivity index (χ2n) is 8.92. The largest absolute Gasteiger partial charge is 0.394 e. The number of benzene rings is 1. The average Bonchev–Trinajstić information content (AvgIpc) is 2.77. The Balaban J connectivity index is 1.87. The van der Waals surface area contributed by atoms with Crippen LogP contribution in [0.2, 0.25) is 0 Å². The third-order valence-electron chi connectivity index (χ3n) is 6.35. The van der Waals surface area contributed by atoms with Gasteiger partial charge in [-0.15, -0.1) is 0 Å². The second-order valence-corrected chi connectivity index (χ2v) is 8.92. The highest BCUT2D eigenvalue weighted by molar-refractivity contribution is 5.79. The van der Waals surface area contributed by atoms with E-state index in [0.717, 1.165) is 12.0 Å². The van der Waals surface area contributed by atoms with E-state index in [2.05, 4.69) is 5.32 Å². The smallest absolute Gasteiger partial charge is 0.225 e. The lowest BCUT2D eigenvalue weighted by Crippen LogP contribution is -2.47. The van der Waals surface area contributed by atoms with Crippen molar-refractivity contribution >= 4 is 5.91 Å². The molecule has 0 radical (unpaired) electrons. The first-order chi connectivity index (χ1) is 14.7. The summed E-state index contributed by atoms with van der Waals surface area (Å²) in [6.45, 7) is 5.18. The van der Waals surface area contributed by atoms with Gasteiger partial charge in [-0.3, -0.25) is 4.79 Å². The first-order valence-corrected chi connectivity index (χ1v) is 11.2. The Morgan fingerprint density at radius 3 is 2.52 bits per heavy atom. The van der Waals surface area contributed by atoms with Crippen LogP contribution < -0.4 is 5.32 Å². The van der Waals surface area contributed by atoms with Gasteiger partial charge >= 0.3 is 0 Å². The molecule has 1 aromatic rings. The fourth-order valence-corrected chi connectivity index (χ4v) is 4.26. The minimum atomic E-state index is -1.02. The van der Waals surface area contributed by atoms with Gasteiger partial charge in [0.05, 0.1) is 49.1 Å². The summed E-state index contributed by atoms with van der Waals surface area (Å²) in [5, 5.41) is 33.9. The Kier molecular flexibility index (Phi) is 10.4. The molecule has 1 fully saturated rings. The summed E-state index contributed by atoms with van der Waals surface area (Å²) in [5.74, 6) is -1.58. The van der Waals surface area contributed by atoms with Crippen LogP contribution in [0.4, 0.5) is 0 Å². The highest BCUT2D eigenvalue weighted by Crippen LogP contribution is 2.27. The van der Waals surface area contributed by atoms with E-state index in [1.807, 2.05) is 37.3 Å². The highest BCUT2D eigenvalue weighted by atomic mass is 16.5. The lowest BCUT2D eigenvalue weighted by Gasteiger charge is -2.36. The number of ether oxygens (including phenoxy) is 2. The maximum Gasteiger partial charge on any atom is 0.225 e. The number of carbonyl (C=O) groups is 1. The summed E-state index contributed by atoms with van der Waals surface area (Å²) in [4.78, 5) is 12.7. The van der Waals surface area contributed by atoms with Crippen LogP contribution in [0.15, 0.2) is 30.3 Å². The standard InChI is InChI=1S/C24H39NO6/c1-15-10-20(30-4)12-21(31-15)13-22(27)16(2)23(28)17(3)24(29)25-19(14-26)11-18-8-6-5-7-9-18/h5-9,15-17,19-23,26-28H,10-14H2,1-4H3,(H,25,29)/t15-,16-,17-,19-,20+,21+,22+,23-/m0/s1. The van der Waals surface area contributed by atoms with Crippen LogP contribution in [0.1, 0.15) is 45.6 Å². The third kappa shape index (κ3) is 7.84. The number of hydrogen-bond donors (Lipinski definition) is 4. The van der Waals surface area contributed by atoms with E-state index in [4.69, 9.17) is 9.47 Å². The normalized spacial score (nSPS) is 26.5. The van der Waals surface area contributed by atoms with E-state index in [1.54, 1.807) is 21.0 Å². The molecule has 7 heteroatoms. The van der Waals surface area contributed by atoms with Crippen molar-refractivity contribution in [3.63, 3.8) is 0 Å². The molecule has 0 spiro atoms. The van der Waals surface area contributed by atoms with Gasteiger partial charge in [0.2, 0.25) is 5.91 Å². The first kappa shape index (κ1) is 25.7. The van der Waals surface area contributed by atoms with Crippen LogP contribution >= 0.6 is 0 Å². The van der Waals surface area contributed by atoms with Crippen molar-refractivity contribution in [2.75, 3.05) is 13.7 Å². The van der Waals surface area contributed by atoms with Gasteiger partial charge in [-0.2, -0.15) is 0 Å². The topological polar surface area (TPSA) is 108 Å². The van der Waals surface area contributed by atoms with Crippen molar-refractivity contribution < 1.29 is 29.6 Å². The molecule has 8 atom stereocenters. The average molecular weight is 438 g/mol. The molecule has 0 bridgehead atoms. The van der Waals surface area contributed by atoms with Gasteiger partial charge in [0.15, 0.2) is 0 Å². The molecular weight excluding hydrogens is 398 g/mol. The number of nitrogens with one attached hydrogen (secondary N) is 1. The van der Waals surface area contributed by atoms with Crippen molar-refractivity contribution in [1.29, 1.82) is 0 Å². The molecule has 0 saturated carbocycles. The molecule has 1 heterocycles. The van der Waals surface area contributed by atoms with Crippen LogP contribution in [-0.2, 0) is 20.7 Å². The molecule has 1 aliphatic rings. The van der Waals surface area contributed by atoms with E-state index >= 15 is 0 Å². The van der Waals surface area contributed by atoms with E-state index in [-0.39, 0.29) is 30.8 Å². The molecule has 1 aromatic carbocycles.